The summed E-state index contributed by atoms with van der Waals surface area (Å²) in [5, 5.41) is 3.40. The maximum Gasteiger partial charge on any atom is 0.255 e. The molecule has 0 saturated heterocycles. The largest absolute Gasteiger partial charge is 0.491 e. The van der Waals surface area contributed by atoms with Gasteiger partial charge < -0.3 is 29.2 Å². The van der Waals surface area contributed by atoms with Gasteiger partial charge in [-0.2, -0.15) is 0 Å². The Bertz CT molecular complexity index is 2290. The van der Waals surface area contributed by atoms with E-state index >= 15 is 0 Å². The molecular weight excluding hydrogens is 741 g/mol. The summed E-state index contributed by atoms with van der Waals surface area (Å²) < 4.78 is 23.8. The summed E-state index contributed by atoms with van der Waals surface area (Å²) in [4.78, 5) is 38.7. The van der Waals surface area contributed by atoms with Gasteiger partial charge in [0.2, 0.25) is 0 Å². The maximum absolute atomic E-state index is 13.0. The number of nitrogens with one attached hydrogen (secondary N) is 1. The van der Waals surface area contributed by atoms with Crippen LogP contribution in [0.3, 0.4) is 0 Å². The van der Waals surface area contributed by atoms with Gasteiger partial charge >= 0.3 is 0 Å². The average Bonchev–Trinajstić information content (AvgIpc) is 3.59. The number of rotatable bonds is 18. The lowest BCUT2D eigenvalue weighted by Crippen LogP contribution is -2.44. The highest BCUT2D eigenvalue weighted by Crippen LogP contribution is 2.42. The molecule has 0 unspecified atom stereocenters. The molecule has 3 aliphatic rings. The van der Waals surface area contributed by atoms with E-state index in [0.29, 0.717) is 64.6 Å². The number of aryl methyl sites for hydroxylation is 1. The summed E-state index contributed by atoms with van der Waals surface area (Å²) in [6, 6.07) is 41.0. The Morgan fingerprint density at radius 1 is 0.627 bits per heavy atom. The van der Waals surface area contributed by atoms with E-state index in [-0.39, 0.29) is 23.9 Å². The van der Waals surface area contributed by atoms with E-state index in [1.807, 2.05) is 48.5 Å². The Kier molecular flexibility index (Phi) is 12.9. The van der Waals surface area contributed by atoms with Crippen molar-refractivity contribution in [2.24, 2.45) is 0 Å². The van der Waals surface area contributed by atoms with E-state index in [4.69, 9.17) is 18.9 Å². The lowest BCUT2D eigenvalue weighted by atomic mass is 9.79. The number of fused-ring (bicyclic) bond motifs is 2. The summed E-state index contributed by atoms with van der Waals surface area (Å²) in [5.41, 5.74) is 11.1. The van der Waals surface area contributed by atoms with Gasteiger partial charge in [0, 0.05) is 37.4 Å². The lowest BCUT2D eigenvalue weighted by molar-refractivity contribution is -0.133. The van der Waals surface area contributed by atoms with Gasteiger partial charge in [-0.15, -0.1) is 0 Å². The molecule has 9 heteroatoms. The van der Waals surface area contributed by atoms with Crippen LogP contribution < -0.4 is 14.8 Å². The van der Waals surface area contributed by atoms with Crippen LogP contribution in [0.2, 0.25) is 0 Å². The molecule has 8 rings (SSSR count). The third-order valence-electron chi connectivity index (χ3n) is 11.2. The average molecular weight is 791 g/mol. The van der Waals surface area contributed by atoms with Crippen molar-refractivity contribution in [1.29, 1.82) is 0 Å². The smallest absolute Gasteiger partial charge is 0.255 e. The van der Waals surface area contributed by atoms with Gasteiger partial charge in [0.05, 0.1) is 32.3 Å². The van der Waals surface area contributed by atoms with Crippen LogP contribution in [0.1, 0.15) is 75.8 Å². The molecule has 0 aromatic heterocycles. The molecular formula is C50H50N2O7. The Morgan fingerprint density at radius 2 is 1.36 bits per heavy atom. The monoisotopic (exact) mass is 790 g/mol. The predicted molar refractivity (Wildman–Crippen MR) is 229 cm³/mol. The molecule has 5 aromatic rings. The number of allylic oxidation sites excluding steroid dienone is 1. The summed E-state index contributed by atoms with van der Waals surface area (Å²) in [7, 11) is 0. The Balaban J connectivity index is 0.751. The summed E-state index contributed by atoms with van der Waals surface area (Å²) >= 11 is 0. The number of amides is 1. The van der Waals surface area contributed by atoms with E-state index in [9.17, 15) is 14.4 Å². The van der Waals surface area contributed by atoms with Gasteiger partial charge in [-0.25, -0.2) is 0 Å². The molecule has 1 aliphatic heterocycles. The molecule has 302 valence electrons. The SMILES string of the molecule is O=C1CC[C@H](N2Cc3cc(NCCCOCCOCCOc4ccc(C5=C(c6ccccc6)CCc6cc(OCc7ccccc7)ccc65)cc4)ccc3C2=O)C(=O)C1. The first-order valence-electron chi connectivity index (χ1n) is 20.7. The first-order valence-corrected chi connectivity index (χ1v) is 20.7. The molecule has 9 nitrogen and oxygen atoms in total. The van der Waals surface area contributed by atoms with Crippen LogP contribution in [-0.4, -0.2) is 68.0 Å². The normalized spacial score (nSPS) is 16.2. The van der Waals surface area contributed by atoms with Crippen molar-refractivity contribution >= 4 is 34.3 Å². The van der Waals surface area contributed by atoms with Gasteiger partial charge in [-0.1, -0.05) is 78.9 Å². The molecule has 59 heavy (non-hydrogen) atoms. The minimum Gasteiger partial charge on any atom is -0.491 e. The fraction of sp³-hybridized carbons (Fsp3) is 0.300. The van der Waals surface area contributed by atoms with E-state index in [1.165, 1.54) is 27.8 Å². The Morgan fingerprint density at radius 3 is 2.15 bits per heavy atom. The highest BCUT2D eigenvalue weighted by Gasteiger charge is 2.39. The summed E-state index contributed by atoms with van der Waals surface area (Å²) in [5.74, 6) is 1.36. The first-order chi connectivity index (χ1) is 29.0. The molecule has 0 radical (unpaired) electrons. The zero-order valence-electron chi connectivity index (χ0n) is 33.3. The number of carbonyl (C=O) groups excluding carboxylic acids is 3. The minimum atomic E-state index is -0.504. The predicted octanol–water partition coefficient (Wildman–Crippen LogP) is 8.73. The highest BCUT2D eigenvalue weighted by atomic mass is 16.5. The summed E-state index contributed by atoms with van der Waals surface area (Å²) in [6.45, 7) is 4.13. The van der Waals surface area contributed by atoms with E-state index in [2.05, 4.69) is 78.1 Å². The zero-order chi connectivity index (χ0) is 40.4. The van der Waals surface area contributed by atoms with E-state index in [0.717, 1.165) is 59.7 Å². The van der Waals surface area contributed by atoms with Crippen LogP contribution in [-0.2, 0) is 38.6 Å². The molecule has 1 fully saturated rings. The molecule has 1 saturated carbocycles. The number of benzene rings is 5. The quantitative estimate of drug-likeness (QED) is 0.0695. The number of ketones is 2. The number of carbonyl (C=O) groups is 3. The van der Waals surface area contributed by atoms with Gasteiger partial charge in [-0.3, -0.25) is 14.4 Å². The van der Waals surface area contributed by atoms with E-state index < -0.39 is 6.04 Å². The van der Waals surface area contributed by atoms with Gasteiger partial charge in [0.25, 0.3) is 5.91 Å². The zero-order valence-corrected chi connectivity index (χ0v) is 33.3. The molecule has 5 aromatic carbocycles. The van der Waals surface area contributed by atoms with Crippen molar-refractivity contribution in [1.82, 2.24) is 4.90 Å². The molecule has 1 heterocycles. The topological polar surface area (TPSA) is 103 Å². The summed E-state index contributed by atoms with van der Waals surface area (Å²) in [6.07, 6.45) is 3.40. The van der Waals surface area contributed by atoms with Crippen molar-refractivity contribution in [2.75, 3.05) is 44.9 Å². The second kappa shape index (κ2) is 19.1. The number of ether oxygens (including phenoxy) is 4. The maximum atomic E-state index is 13.0. The highest BCUT2D eigenvalue weighted by molar-refractivity contribution is 6.07. The fourth-order valence-electron chi connectivity index (χ4n) is 8.22. The van der Waals surface area contributed by atoms with Gasteiger partial charge in [0.1, 0.15) is 30.5 Å². The molecule has 1 N–H and O–H groups in total. The standard InChI is InChI=1S/C50H50N2O7/c53-41-16-23-47(48(54)32-41)52-33-39-30-40(15-21-46(39)50(52)55)51-24-7-25-56-26-27-57-28-29-58-42-17-12-37(13-18-42)49-44(36-10-5-2-6-11-36)20-14-38-31-43(19-22-45(38)49)59-34-35-8-3-1-4-9-35/h1-6,8-13,15,17-19,21-22,30-31,47,51H,7,14,16,20,23-29,32-34H2/t47-/m0/s1. The van der Waals surface area contributed by atoms with Crippen LogP contribution >= 0.6 is 0 Å². The molecule has 2 aliphatic carbocycles. The third-order valence-corrected chi connectivity index (χ3v) is 11.2. The molecule has 1 atom stereocenters. The Labute approximate surface area is 345 Å². The van der Waals surface area contributed by atoms with Crippen LogP contribution in [0.5, 0.6) is 11.5 Å². The molecule has 1 amide bonds. The third kappa shape index (κ3) is 9.82. The van der Waals surface area contributed by atoms with Crippen LogP contribution in [0, 0.1) is 0 Å². The van der Waals surface area contributed by atoms with Crippen LogP contribution in [0.4, 0.5) is 5.69 Å². The van der Waals surface area contributed by atoms with Crippen LogP contribution in [0.25, 0.3) is 11.1 Å². The number of anilines is 1. The number of hydrogen-bond donors (Lipinski definition) is 1. The molecule has 0 bridgehead atoms. The van der Waals surface area contributed by atoms with Crippen LogP contribution in [0.15, 0.2) is 121 Å². The Hall–Kier alpha value is -6.03. The fourth-order valence-corrected chi connectivity index (χ4v) is 8.22. The van der Waals surface area contributed by atoms with E-state index in [1.54, 1.807) is 4.90 Å². The van der Waals surface area contributed by atoms with Gasteiger partial charge in [-0.05, 0) is 113 Å². The minimum absolute atomic E-state index is 0.0410. The lowest BCUT2D eigenvalue weighted by Gasteiger charge is -2.29. The number of hydrogen-bond acceptors (Lipinski definition) is 8. The second-order valence-corrected chi connectivity index (χ2v) is 15.2. The van der Waals surface area contributed by atoms with Crippen molar-refractivity contribution in [3.8, 4) is 11.5 Å². The number of Topliss-reactive ketones (excluding diaryl/α,β-unsaturated/α-hetero) is 2. The first kappa shape index (κ1) is 39.8. The molecule has 0 spiro atoms. The van der Waals surface area contributed by atoms with Crippen molar-refractivity contribution < 1.29 is 33.3 Å². The van der Waals surface area contributed by atoms with Crippen molar-refractivity contribution in [2.45, 2.75) is 57.7 Å². The van der Waals surface area contributed by atoms with Gasteiger partial charge in [0.15, 0.2) is 5.78 Å². The second-order valence-electron chi connectivity index (χ2n) is 15.2. The van der Waals surface area contributed by atoms with Crippen molar-refractivity contribution in [3.63, 3.8) is 0 Å². The van der Waals surface area contributed by atoms with Crippen molar-refractivity contribution in [3.05, 3.63) is 160 Å². The number of nitrogens with zero attached hydrogens (tertiary/aromatic N) is 1.